The van der Waals surface area contributed by atoms with Crippen LogP contribution >= 0.6 is 0 Å². The van der Waals surface area contributed by atoms with Crippen LogP contribution in [0.1, 0.15) is 29.5 Å². The number of aryl methyl sites for hydroxylation is 1. The van der Waals surface area contributed by atoms with Crippen LogP contribution in [-0.2, 0) is 11.2 Å². The number of amides is 1. The molecule has 0 spiro atoms. The van der Waals surface area contributed by atoms with Crippen LogP contribution in [0.25, 0.3) is 0 Å². The highest BCUT2D eigenvalue weighted by atomic mass is 16.2. The zero-order chi connectivity index (χ0) is 21.9. The molecule has 0 saturated carbocycles. The number of nitrogens with one attached hydrogen (secondary N) is 1. The minimum atomic E-state index is 0.0200. The molecular formula is C28H30N3O+. The minimum Gasteiger partial charge on any atom is -0.317 e. The van der Waals surface area contributed by atoms with Crippen LogP contribution in [0.5, 0.6) is 0 Å². The number of aliphatic imine (C=N–C) groups is 1. The van der Waals surface area contributed by atoms with Crippen molar-refractivity contribution >= 4 is 23.0 Å². The fourth-order valence-corrected chi connectivity index (χ4v) is 4.97. The Morgan fingerprint density at radius 2 is 1.69 bits per heavy atom. The molecular weight excluding hydrogens is 394 g/mol. The van der Waals surface area contributed by atoms with Gasteiger partial charge in [0.15, 0.2) is 6.67 Å². The van der Waals surface area contributed by atoms with Gasteiger partial charge < -0.3 is 4.90 Å². The highest BCUT2D eigenvalue weighted by Gasteiger charge is 2.36. The van der Waals surface area contributed by atoms with Crippen molar-refractivity contribution in [1.29, 1.82) is 0 Å². The summed E-state index contributed by atoms with van der Waals surface area (Å²) in [5, 5.41) is 0. The Kier molecular flexibility index (Phi) is 5.87. The molecule has 1 N–H and O–H groups in total. The second-order valence-electron chi connectivity index (χ2n) is 9.09. The van der Waals surface area contributed by atoms with Crippen LogP contribution in [0.2, 0.25) is 0 Å². The van der Waals surface area contributed by atoms with E-state index in [9.17, 15) is 4.79 Å². The van der Waals surface area contributed by atoms with Gasteiger partial charge in [-0.1, -0.05) is 60.7 Å². The van der Waals surface area contributed by atoms with E-state index in [-0.39, 0.29) is 5.91 Å². The zero-order valence-electron chi connectivity index (χ0n) is 18.6. The smallest absolute Gasteiger partial charge is 0.281 e. The molecule has 3 aromatic rings. The molecule has 2 heterocycles. The van der Waals surface area contributed by atoms with E-state index < -0.39 is 0 Å². The summed E-state index contributed by atoms with van der Waals surface area (Å²) in [7, 11) is 0. The molecule has 2 aliphatic heterocycles. The third kappa shape index (κ3) is 4.37. The molecule has 2 aliphatic rings. The summed E-state index contributed by atoms with van der Waals surface area (Å²) < 4.78 is 0. The first-order valence-electron chi connectivity index (χ1n) is 11.6. The van der Waals surface area contributed by atoms with Crippen LogP contribution in [-0.4, -0.2) is 31.4 Å². The van der Waals surface area contributed by atoms with Crippen LogP contribution in [0, 0.1) is 12.8 Å². The lowest BCUT2D eigenvalue weighted by Gasteiger charge is -2.32. The number of nitrogens with zero attached hydrogens (tertiary/aromatic N) is 2. The molecule has 0 radical (unpaired) electrons. The van der Waals surface area contributed by atoms with E-state index in [1.54, 1.807) is 0 Å². The van der Waals surface area contributed by atoms with E-state index in [4.69, 9.17) is 4.99 Å². The van der Waals surface area contributed by atoms with Gasteiger partial charge in [0.25, 0.3) is 5.91 Å². The van der Waals surface area contributed by atoms with E-state index in [0.717, 1.165) is 47.9 Å². The van der Waals surface area contributed by atoms with E-state index in [1.165, 1.54) is 23.3 Å². The number of para-hydroxylation sites is 1. The molecule has 4 nitrogen and oxygen atoms in total. The fraction of sp³-hybridized carbons (Fsp3) is 0.286. The second-order valence-corrected chi connectivity index (χ2v) is 9.09. The summed E-state index contributed by atoms with van der Waals surface area (Å²) in [4.78, 5) is 21.6. The third-order valence-corrected chi connectivity index (χ3v) is 6.70. The number of piperidine rings is 1. The molecule has 4 heteroatoms. The van der Waals surface area contributed by atoms with Crippen molar-refractivity contribution in [3.8, 4) is 0 Å². The number of quaternary nitrogens is 1. The van der Waals surface area contributed by atoms with E-state index in [2.05, 4.69) is 30.3 Å². The Hall–Kier alpha value is -3.24. The van der Waals surface area contributed by atoms with Gasteiger partial charge in [0, 0.05) is 5.56 Å². The number of fused-ring (bicyclic) bond motifs is 1. The van der Waals surface area contributed by atoms with Gasteiger partial charge in [-0.15, -0.1) is 0 Å². The highest BCUT2D eigenvalue weighted by Crippen LogP contribution is 2.30. The molecule has 1 saturated heterocycles. The van der Waals surface area contributed by atoms with E-state index in [1.807, 2.05) is 60.4 Å². The van der Waals surface area contributed by atoms with Gasteiger partial charge in [0.05, 0.1) is 24.5 Å². The third-order valence-electron chi connectivity index (χ3n) is 6.70. The molecule has 1 amide bonds. The van der Waals surface area contributed by atoms with Crippen molar-refractivity contribution in [1.82, 2.24) is 0 Å². The number of anilines is 1. The van der Waals surface area contributed by atoms with Crippen LogP contribution in [0.4, 0.5) is 11.4 Å². The molecule has 0 aliphatic carbocycles. The van der Waals surface area contributed by atoms with Crippen molar-refractivity contribution in [2.75, 3.05) is 24.7 Å². The summed E-state index contributed by atoms with van der Waals surface area (Å²) >= 11 is 0. The van der Waals surface area contributed by atoms with Crippen LogP contribution < -0.4 is 9.80 Å². The first-order valence-corrected chi connectivity index (χ1v) is 11.6. The first-order chi connectivity index (χ1) is 15.7. The standard InChI is InChI=1S/C28H29N3O/c1-21-8-7-11-24(18-21)29-27-25-12-5-6-13-26(25)31(28(27)32)20-30-16-14-23(15-17-30)19-22-9-3-2-4-10-22/h2-13,18,23H,14-17,19-20H2,1H3/p+1. The number of rotatable bonds is 5. The molecule has 0 bridgehead atoms. The lowest BCUT2D eigenvalue weighted by Crippen LogP contribution is -3.14. The topological polar surface area (TPSA) is 37.1 Å². The quantitative estimate of drug-likeness (QED) is 0.661. The summed E-state index contributed by atoms with van der Waals surface area (Å²) in [6, 6.07) is 26.9. The molecule has 0 unspecified atom stereocenters. The fourth-order valence-electron chi connectivity index (χ4n) is 4.97. The van der Waals surface area contributed by atoms with Crippen LogP contribution in [0.3, 0.4) is 0 Å². The van der Waals surface area contributed by atoms with E-state index >= 15 is 0 Å². The van der Waals surface area contributed by atoms with Crippen LogP contribution in [0.15, 0.2) is 83.9 Å². The van der Waals surface area contributed by atoms with Gasteiger partial charge in [-0.05, 0) is 61.4 Å². The van der Waals surface area contributed by atoms with Crippen molar-refractivity contribution in [3.05, 3.63) is 95.6 Å². The zero-order valence-corrected chi connectivity index (χ0v) is 18.6. The van der Waals surface area contributed by atoms with Crippen molar-refractivity contribution in [2.24, 2.45) is 10.9 Å². The summed E-state index contributed by atoms with van der Waals surface area (Å²) in [5.74, 6) is 0.757. The molecule has 5 rings (SSSR count). The number of benzene rings is 3. The van der Waals surface area contributed by atoms with E-state index in [0.29, 0.717) is 12.4 Å². The summed E-state index contributed by atoms with van der Waals surface area (Å²) in [5.41, 5.74) is 5.90. The molecule has 0 aromatic heterocycles. The van der Waals surface area contributed by atoms with Gasteiger partial charge in [-0.25, -0.2) is 4.99 Å². The average molecular weight is 425 g/mol. The van der Waals surface area contributed by atoms with Crippen molar-refractivity contribution < 1.29 is 9.69 Å². The van der Waals surface area contributed by atoms with Gasteiger partial charge in [-0.2, -0.15) is 0 Å². The molecule has 3 aromatic carbocycles. The Morgan fingerprint density at radius 1 is 0.938 bits per heavy atom. The predicted molar refractivity (Wildman–Crippen MR) is 130 cm³/mol. The van der Waals surface area contributed by atoms with Gasteiger partial charge in [0.1, 0.15) is 5.71 Å². The summed E-state index contributed by atoms with van der Waals surface area (Å²) in [6.45, 7) is 4.97. The Balaban J connectivity index is 1.29. The number of hydrogen-bond acceptors (Lipinski definition) is 2. The van der Waals surface area contributed by atoms with Gasteiger partial charge in [-0.3, -0.25) is 9.69 Å². The highest BCUT2D eigenvalue weighted by molar-refractivity contribution is 6.54. The van der Waals surface area contributed by atoms with Crippen molar-refractivity contribution in [3.63, 3.8) is 0 Å². The maximum atomic E-state index is 13.4. The van der Waals surface area contributed by atoms with Gasteiger partial charge >= 0.3 is 0 Å². The number of carbonyl (C=O) groups is 1. The Bertz CT molecular complexity index is 1130. The number of hydrogen-bond donors (Lipinski definition) is 1. The number of carbonyl (C=O) groups excluding carboxylic acids is 1. The Morgan fingerprint density at radius 3 is 2.47 bits per heavy atom. The average Bonchev–Trinajstić information content (AvgIpc) is 3.07. The van der Waals surface area contributed by atoms with Crippen molar-refractivity contribution in [2.45, 2.75) is 26.2 Å². The SMILES string of the molecule is Cc1cccc(N=C2C(=O)N(C[NH+]3CCC(Cc4ccccc4)CC3)c3ccccc32)c1. The maximum absolute atomic E-state index is 13.4. The summed E-state index contributed by atoms with van der Waals surface area (Å²) in [6.07, 6.45) is 3.57. The lowest BCUT2D eigenvalue weighted by atomic mass is 9.90. The molecule has 32 heavy (non-hydrogen) atoms. The predicted octanol–water partition coefficient (Wildman–Crippen LogP) is 3.96. The van der Waals surface area contributed by atoms with Gasteiger partial charge in [0.2, 0.25) is 0 Å². The second kappa shape index (κ2) is 9.09. The first kappa shape index (κ1) is 20.7. The number of likely N-dealkylation sites (tertiary alicyclic amines) is 1. The normalized spacial score (nSPS) is 21.7. The molecule has 1 fully saturated rings. The monoisotopic (exact) mass is 424 g/mol. The molecule has 162 valence electrons. The minimum absolute atomic E-state index is 0.0200. The maximum Gasteiger partial charge on any atom is 0.281 e. The molecule has 0 atom stereocenters. The Labute approximate surface area is 190 Å². The largest absolute Gasteiger partial charge is 0.317 e. The lowest BCUT2D eigenvalue weighted by molar-refractivity contribution is -0.904.